The fourth-order valence-corrected chi connectivity index (χ4v) is 2.52. The minimum absolute atomic E-state index is 0. The summed E-state index contributed by atoms with van der Waals surface area (Å²) in [7, 11) is 1.60. The molecule has 3 rings (SSSR count). The maximum atomic E-state index is 12.5. The van der Waals surface area contributed by atoms with Crippen molar-refractivity contribution >= 4 is 47.1 Å². The Morgan fingerprint density at radius 2 is 1.74 bits per heavy atom. The molecule has 0 radical (unpaired) electrons. The third-order valence-corrected chi connectivity index (χ3v) is 4.22. The van der Waals surface area contributed by atoms with E-state index in [0.717, 1.165) is 17.0 Å². The van der Waals surface area contributed by atoms with E-state index in [-0.39, 0.29) is 18.3 Å². The number of pyridine rings is 1. The molecule has 27 heavy (non-hydrogen) atoms. The highest BCUT2D eigenvalue weighted by molar-refractivity contribution is 6.31. The monoisotopic (exact) mass is 403 g/mol. The van der Waals surface area contributed by atoms with Crippen molar-refractivity contribution in [2.75, 3.05) is 17.7 Å². The van der Waals surface area contributed by atoms with Gasteiger partial charge in [0.1, 0.15) is 11.6 Å². The van der Waals surface area contributed by atoms with Gasteiger partial charge in [0, 0.05) is 28.2 Å². The Morgan fingerprint density at radius 1 is 1.04 bits per heavy atom. The predicted octanol–water partition coefficient (Wildman–Crippen LogP) is 5.47. The van der Waals surface area contributed by atoms with Crippen LogP contribution in [0.15, 0.2) is 60.8 Å². The van der Waals surface area contributed by atoms with Gasteiger partial charge < -0.3 is 15.4 Å². The highest BCUT2D eigenvalue weighted by atomic mass is 35.5. The second-order valence-electron chi connectivity index (χ2n) is 5.70. The standard InChI is InChI=1S/C20H18ClN3O2.ClH/c1-13-3-4-16(12-18(13)21)23-19-11-14(9-10-22-19)20(25)24-15-5-7-17(26-2)8-6-15;/h3-12H,1-2H3,(H,22,23)(H,24,25);1H. The third kappa shape index (κ3) is 5.36. The first-order valence-corrected chi connectivity index (χ1v) is 8.37. The minimum Gasteiger partial charge on any atom is -0.497 e. The number of anilines is 3. The topological polar surface area (TPSA) is 63.2 Å². The van der Waals surface area contributed by atoms with E-state index in [1.54, 1.807) is 49.7 Å². The first-order valence-electron chi connectivity index (χ1n) is 8.00. The zero-order valence-electron chi connectivity index (χ0n) is 14.8. The van der Waals surface area contributed by atoms with Crippen molar-refractivity contribution in [2.24, 2.45) is 0 Å². The van der Waals surface area contributed by atoms with Gasteiger partial charge in [0.05, 0.1) is 7.11 Å². The van der Waals surface area contributed by atoms with Gasteiger partial charge >= 0.3 is 0 Å². The summed E-state index contributed by atoms with van der Waals surface area (Å²) >= 11 is 6.14. The van der Waals surface area contributed by atoms with Crippen LogP contribution in [-0.4, -0.2) is 18.0 Å². The van der Waals surface area contributed by atoms with Gasteiger partial charge in [-0.1, -0.05) is 17.7 Å². The van der Waals surface area contributed by atoms with Crippen LogP contribution in [0, 0.1) is 6.92 Å². The summed E-state index contributed by atoms with van der Waals surface area (Å²) in [5.74, 6) is 1.07. The Hall–Kier alpha value is -2.76. The summed E-state index contributed by atoms with van der Waals surface area (Å²) in [5, 5.41) is 6.67. The van der Waals surface area contributed by atoms with Crippen molar-refractivity contribution in [3.05, 3.63) is 76.9 Å². The Balaban J connectivity index is 0.00000261. The number of rotatable bonds is 5. The van der Waals surface area contributed by atoms with E-state index in [1.165, 1.54) is 0 Å². The van der Waals surface area contributed by atoms with E-state index in [9.17, 15) is 4.79 Å². The van der Waals surface area contributed by atoms with Crippen LogP contribution in [0.4, 0.5) is 17.2 Å². The Labute approximate surface area is 169 Å². The number of nitrogens with zero attached hydrogens (tertiary/aromatic N) is 1. The normalized spacial score (nSPS) is 9.89. The number of ether oxygens (including phenoxy) is 1. The lowest BCUT2D eigenvalue weighted by Gasteiger charge is -2.09. The number of aryl methyl sites for hydroxylation is 1. The number of hydrogen-bond acceptors (Lipinski definition) is 4. The number of benzene rings is 2. The zero-order valence-corrected chi connectivity index (χ0v) is 16.4. The Kier molecular flexibility index (Phi) is 7.05. The summed E-state index contributed by atoms with van der Waals surface area (Å²) in [5.41, 5.74) is 2.99. The minimum atomic E-state index is -0.220. The van der Waals surface area contributed by atoms with Gasteiger partial charge in [-0.15, -0.1) is 12.4 Å². The predicted molar refractivity (Wildman–Crippen MR) is 112 cm³/mol. The number of amides is 1. The zero-order chi connectivity index (χ0) is 18.5. The molecule has 0 unspecified atom stereocenters. The highest BCUT2D eigenvalue weighted by Gasteiger charge is 2.08. The lowest BCUT2D eigenvalue weighted by Crippen LogP contribution is -2.12. The molecule has 0 aliphatic heterocycles. The molecule has 140 valence electrons. The van der Waals surface area contributed by atoms with Crippen molar-refractivity contribution in [2.45, 2.75) is 6.92 Å². The molecular formula is C20H19Cl2N3O2. The number of aromatic nitrogens is 1. The van der Waals surface area contributed by atoms with Gasteiger partial charge in [-0.2, -0.15) is 0 Å². The first-order chi connectivity index (χ1) is 12.5. The van der Waals surface area contributed by atoms with E-state index in [1.807, 2.05) is 25.1 Å². The molecule has 0 spiro atoms. The Morgan fingerprint density at radius 3 is 2.41 bits per heavy atom. The third-order valence-electron chi connectivity index (χ3n) is 3.81. The van der Waals surface area contributed by atoms with Gasteiger partial charge in [0.15, 0.2) is 0 Å². The molecule has 7 heteroatoms. The van der Waals surface area contributed by atoms with Crippen LogP contribution in [0.2, 0.25) is 5.02 Å². The van der Waals surface area contributed by atoms with Gasteiger partial charge in [0.25, 0.3) is 5.91 Å². The molecule has 2 N–H and O–H groups in total. The van der Waals surface area contributed by atoms with Crippen LogP contribution in [-0.2, 0) is 0 Å². The molecule has 0 bridgehead atoms. The second kappa shape index (κ2) is 9.26. The van der Waals surface area contributed by atoms with Crippen molar-refractivity contribution < 1.29 is 9.53 Å². The molecule has 1 aromatic heterocycles. The molecule has 0 fully saturated rings. The van der Waals surface area contributed by atoms with Gasteiger partial charge in [-0.25, -0.2) is 4.98 Å². The van der Waals surface area contributed by atoms with Crippen LogP contribution >= 0.6 is 24.0 Å². The molecular weight excluding hydrogens is 385 g/mol. The largest absolute Gasteiger partial charge is 0.497 e. The summed E-state index contributed by atoms with van der Waals surface area (Å²) in [6, 6.07) is 16.1. The van der Waals surface area contributed by atoms with Gasteiger partial charge in [-0.3, -0.25) is 4.79 Å². The van der Waals surface area contributed by atoms with Crippen LogP contribution in [0.5, 0.6) is 5.75 Å². The van der Waals surface area contributed by atoms with Crippen LogP contribution in [0.25, 0.3) is 0 Å². The lowest BCUT2D eigenvalue weighted by atomic mass is 10.2. The fourth-order valence-electron chi connectivity index (χ4n) is 2.34. The number of hydrogen-bond donors (Lipinski definition) is 2. The maximum Gasteiger partial charge on any atom is 0.255 e. The van der Waals surface area contributed by atoms with Crippen molar-refractivity contribution in [3.8, 4) is 5.75 Å². The van der Waals surface area contributed by atoms with Crippen LogP contribution in [0.3, 0.4) is 0 Å². The van der Waals surface area contributed by atoms with Crippen molar-refractivity contribution in [1.29, 1.82) is 0 Å². The van der Waals surface area contributed by atoms with E-state index in [4.69, 9.17) is 16.3 Å². The van der Waals surface area contributed by atoms with Crippen molar-refractivity contribution in [1.82, 2.24) is 4.98 Å². The number of carbonyl (C=O) groups excluding carboxylic acids is 1. The molecule has 0 saturated carbocycles. The number of nitrogens with one attached hydrogen (secondary N) is 2. The van der Waals surface area contributed by atoms with Gasteiger partial charge in [0.2, 0.25) is 0 Å². The lowest BCUT2D eigenvalue weighted by molar-refractivity contribution is 0.102. The van der Waals surface area contributed by atoms with E-state index >= 15 is 0 Å². The molecule has 0 saturated heterocycles. The smallest absolute Gasteiger partial charge is 0.255 e. The average Bonchev–Trinajstić information content (AvgIpc) is 2.65. The molecule has 0 aliphatic carbocycles. The summed E-state index contributed by atoms with van der Waals surface area (Å²) in [6.07, 6.45) is 1.58. The SMILES string of the molecule is COc1ccc(NC(=O)c2ccnc(Nc3ccc(C)c(Cl)c3)c2)cc1.Cl. The maximum absolute atomic E-state index is 12.5. The average molecular weight is 404 g/mol. The van der Waals surface area contributed by atoms with E-state index < -0.39 is 0 Å². The second-order valence-corrected chi connectivity index (χ2v) is 6.11. The van der Waals surface area contributed by atoms with E-state index in [0.29, 0.717) is 22.1 Å². The van der Waals surface area contributed by atoms with E-state index in [2.05, 4.69) is 15.6 Å². The molecule has 2 aromatic carbocycles. The van der Waals surface area contributed by atoms with Crippen molar-refractivity contribution in [3.63, 3.8) is 0 Å². The number of methoxy groups -OCH3 is 1. The Bertz CT molecular complexity index is 931. The molecule has 0 atom stereocenters. The summed E-state index contributed by atoms with van der Waals surface area (Å²) in [4.78, 5) is 16.7. The van der Waals surface area contributed by atoms with Gasteiger partial charge in [-0.05, 0) is 61.0 Å². The molecule has 1 amide bonds. The number of carbonyl (C=O) groups is 1. The summed E-state index contributed by atoms with van der Waals surface area (Å²) in [6.45, 7) is 1.94. The quantitative estimate of drug-likeness (QED) is 0.592. The molecule has 0 aliphatic rings. The molecule has 3 aromatic rings. The first kappa shape index (κ1) is 20.6. The van der Waals surface area contributed by atoms with Crippen LogP contribution in [0.1, 0.15) is 15.9 Å². The fraction of sp³-hybridized carbons (Fsp3) is 0.100. The highest BCUT2D eigenvalue weighted by Crippen LogP contribution is 2.23. The van der Waals surface area contributed by atoms with Crippen LogP contribution < -0.4 is 15.4 Å². The number of halogens is 2. The molecule has 1 heterocycles. The summed E-state index contributed by atoms with van der Waals surface area (Å²) < 4.78 is 5.11. The molecule has 5 nitrogen and oxygen atoms in total.